The van der Waals surface area contributed by atoms with Crippen molar-refractivity contribution in [2.75, 3.05) is 12.4 Å². The SMILES string of the molecule is COC1CC(Nc2c([N+](=O)[O-])ncn2C)C1(C)C. The van der Waals surface area contributed by atoms with Crippen molar-refractivity contribution in [2.45, 2.75) is 32.4 Å². The van der Waals surface area contributed by atoms with Gasteiger partial charge in [-0.25, -0.2) is 0 Å². The second kappa shape index (κ2) is 4.24. The Morgan fingerprint density at radius 3 is 2.83 bits per heavy atom. The minimum atomic E-state index is -0.470. The number of hydrogen-bond acceptors (Lipinski definition) is 5. The average molecular weight is 254 g/mol. The number of aromatic nitrogens is 2. The molecule has 100 valence electrons. The Hall–Kier alpha value is -1.63. The summed E-state index contributed by atoms with van der Waals surface area (Å²) in [5.41, 5.74) is -0.0487. The van der Waals surface area contributed by atoms with Crippen molar-refractivity contribution in [3.63, 3.8) is 0 Å². The van der Waals surface area contributed by atoms with E-state index in [2.05, 4.69) is 24.1 Å². The summed E-state index contributed by atoms with van der Waals surface area (Å²) in [5.74, 6) is 0.321. The van der Waals surface area contributed by atoms with E-state index in [1.807, 2.05) is 0 Å². The maximum absolute atomic E-state index is 10.9. The van der Waals surface area contributed by atoms with Crippen LogP contribution in [-0.2, 0) is 11.8 Å². The molecule has 0 aliphatic heterocycles. The zero-order valence-electron chi connectivity index (χ0n) is 11.0. The van der Waals surface area contributed by atoms with E-state index in [4.69, 9.17) is 4.74 Å². The first-order chi connectivity index (χ1) is 8.37. The molecule has 1 aromatic heterocycles. The number of hydrogen-bond donors (Lipinski definition) is 1. The topological polar surface area (TPSA) is 82.2 Å². The van der Waals surface area contributed by atoms with E-state index in [1.165, 1.54) is 6.33 Å². The predicted molar refractivity (Wildman–Crippen MR) is 66.5 cm³/mol. The minimum Gasteiger partial charge on any atom is -0.381 e. The summed E-state index contributed by atoms with van der Waals surface area (Å²) in [6, 6.07) is 0.150. The fourth-order valence-corrected chi connectivity index (χ4v) is 2.41. The van der Waals surface area contributed by atoms with Gasteiger partial charge in [0, 0.05) is 25.6 Å². The molecule has 0 bridgehead atoms. The van der Waals surface area contributed by atoms with Gasteiger partial charge in [-0.05, 0) is 16.3 Å². The Morgan fingerprint density at radius 2 is 2.33 bits per heavy atom. The number of imidazole rings is 1. The first kappa shape index (κ1) is 12.8. The summed E-state index contributed by atoms with van der Waals surface area (Å²) < 4.78 is 7.00. The zero-order valence-corrected chi connectivity index (χ0v) is 11.0. The quantitative estimate of drug-likeness (QED) is 0.651. The van der Waals surface area contributed by atoms with E-state index < -0.39 is 4.92 Å². The Balaban J connectivity index is 2.16. The molecule has 2 rings (SSSR count). The minimum absolute atomic E-state index is 0.0487. The second-order valence-corrected chi connectivity index (χ2v) is 5.26. The van der Waals surface area contributed by atoms with Crippen molar-refractivity contribution in [3.8, 4) is 0 Å². The Morgan fingerprint density at radius 1 is 1.67 bits per heavy atom. The summed E-state index contributed by atoms with van der Waals surface area (Å²) in [6.07, 6.45) is 2.47. The smallest absolute Gasteiger partial charge is 0.381 e. The van der Waals surface area contributed by atoms with Crippen LogP contribution in [0.3, 0.4) is 0 Å². The number of nitrogens with one attached hydrogen (secondary N) is 1. The molecule has 7 nitrogen and oxygen atoms in total. The highest BCUT2D eigenvalue weighted by molar-refractivity contribution is 5.53. The van der Waals surface area contributed by atoms with E-state index in [9.17, 15) is 10.1 Å². The number of methoxy groups -OCH3 is 1. The average Bonchev–Trinajstić information content (AvgIpc) is 2.65. The van der Waals surface area contributed by atoms with Gasteiger partial charge < -0.3 is 20.2 Å². The monoisotopic (exact) mass is 254 g/mol. The second-order valence-electron chi connectivity index (χ2n) is 5.26. The van der Waals surface area contributed by atoms with Gasteiger partial charge in [-0.3, -0.25) is 4.57 Å². The molecule has 0 amide bonds. The number of anilines is 1. The molecule has 7 heteroatoms. The fraction of sp³-hybridized carbons (Fsp3) is 0.727. The van der Waals surface area contributed by atoms with Gasteiger partial charge in [-0.1, -0.05) is 13.8 Å². The lowest BCUT2D eigenvalue weighted by atomic mass is 9.64. The molecular formula is C11H18N4O3. The van der Waals surface area contributed by atoms with E-state index in [1.54, 1.807) is 18.7 Å². The standard InChI is InChI=1S/C11H18N4O3/c1-11(2)7(5-8(11)18-4)13-10-9(15(16)17)12-6-14(10)3/h6-8,13H,5H2,1-4H3. The maximum Gasteiger partial charge on any atom is 0.406 e. The van der Waals surface area contributed by atoms with Gasteiger partial charge in [0.1, 0.15) is 0 Å². The normalized spacial score (nSPS) is 25.6. The van der Waals surface area contributed by atoms with Crippen LogP contribution < -0.4 is 5.32 Å². The van der Waals surface area contributed by atoms with Crippen LogP contribution in [0.15, 0.2) is 6.33 Å². The van der Waals surface area contributed by atoms with Crippen molar-refractivity contribution < 1.29 is 9.66 Å². The third-order valence-electron chi connectivity index (χ3n) is 3.86. The summed E-state index contributed by atoms with van der Waals surface area (Å²) in [7, 11) is 3.43. The van der Waals surface area contributed by atoms with E-state index in [0.717, 1.165) is 6.42 Å². The van der Waals surface area contributed by atoms with E-state index >= 15 is 0 Å². The molecule has 0 radical (unpaired) electrons. The zero-order chi connectivity index (χ0) is 13.5. The molecule has 2 atom stereocenters. The third kappa shape index (κ3) is 1.84. The van der Waals surface area contributed by atoms with Crippen molar-refractivity contribution >= 4 is 11.6 Å². The maximum atomic E-state index is 10.9. The number of aryl methyl sites for hydroxylation is 1. The Kier molecular flexibility index (Phi) is 3.02. The highest BCUT2D eigenvalue weighted by atomic mass is 16.6. The van der Waals surface area contributed by atoms with Crippen LogP contribution in [0.5, 0.6) is 0 Å². The fourth-order valence-electron chi connectivity index (χ4n) is 2.41. The molecule has 2 unspecified atom stereocenters. The number of ether oxygens (including phenoxy) is 1. The molecule has 1 aliphatic rings. The van der Waals surface area contributed by atoms with Gasteiger partial charge in [-0.2, -0.15) is 0 Å². The molecule has 1 aromatic rings. The number of nitrogens with zero attached hydrogens (tertiary/aromatic N) is 3. The Labute approximate surface area is 105 Å². The van der Waals surface area contributed by atoms with Gasteiger partial charge in [0.2, 0.25) is 12.1 Å². The summed E-state index contributed by atoms with van der Waals surface area (Å²) >= 11 is 0. The predicted octanol–water partition coefficient (Wildman–Crippen LogP) is 1.55. The number of rotatable bonds is 4. The molecular weight excluding hydrogens is 236 g/mol. The van der Waals surface area contributed by atoms with Crippen molar-refractivity contribution in [1.82, 2.24) is 9.55 Å². The molecule has 1 fully saturated rings. The van der Waals surface area contributed by atoms with Gasteiger partial charge in [-0.15, -0.1) is 0 Å². The van der Waals surface area contributed by atoms with Gasteiger partial charge in [0.25, 0.3) is 0 Å². The van der Waals surface area contributed by atoms with Crippen LogP contribution in [0.25, 0.3) is 0 Å². The largest absolute Gasteiger partial charge is 0.406 e. The molecule has 1 heterocycles. The highest BCUT2D eigenvalue weighted by Crippen LogP contribution is 2.44. The summed E-state index contributed by atoms with van der Waals surface area (Å²) in [6.45, 7) is 4.18. The molecule has 18 heavy (non-hydrogen) atoms. The van der Waals surface area contributed by atoms with Crippen LogP contribution in [0.1, 0.15) is 20.3 Å². The van der Waals surface area contributed by atoms with Gasteiger partial charge in [0.15, 0.2) is 0 Å². The lowest BCUT2D eigenvalue weighted by Gasteiger charge is -2.51. The van der Waals surface area contributed by atoms with Gasteiger partial charge in [0.05, 0.1) is 6.10 Å². The lowest BCUT2D eigenvalue weighted by Crippen LogP contribution is -2.57. The first-order valence-electron chi connectivity index (χ1n) is 5.83. The van der Waals surface area contributed by atoms with Crippen molar-refractivity contribution in [1.29, 1.82) is 0 Å². The number of nitro groups is 1. The van der Waals surface area contributed by atoms with Crippen LogP contribution in [0.2, 0.25) is 0 Å². The van der Waals surface area contributed by atoms with Crippen molar-refractivity contribution in [2.24, 2.45) is 12.5 Å². The van der Waals surface area contributed by atoms with Crippen molar-refractivity contribution in [3.05, 3.63) is 16.4 Å². The highest BCUT2D eigenvalue weighted by Gasteiger charge is 2.49. The van der Waals surface area contributed by atoms with Crippen LogP contribution in [-0.4, -0.2) is 33.7 Å². The molecule has 0 spiro atoms. The third-order valence-corrected chi connectivity index (χ3v) is 3.86. The summed E-state index contributed by atoms with van der Waals surface area (Å²) in [5, 5.41) is 14.1. The van der Waals surface area contributed by atoms with E-state index in [-0.39, 0.29) is 23.4 Å². The molecule has 0 aromatic carbocycles. The van der Waals surface area contributed by atoms with E-state index in [0.29, 0.717) is 5.82 Å². The van der Waals surface area contributed by atoms with Crippen LogP contribution in [0, 0.1) is 15.5 Å². The first-order valence-corrected chi connectivity index (χ1v) is 5.83. The molecule has 1 saturated carbocycles. The Bertz CT molecular complexity index is 469. The molecule has 1 aliphatic carbocycles. The lowest BCUT2D eigenvalue weighted by molar-refractivity contribution is -0.388. The van der Waals surface area contributed by atoms with Gasteiger partial charge >= 0.3 is 5.82 Å². The van der Waals surface area contributed by atoms with Crippen LogP contribution >= 0.6 is 0 Å². The molecule has 0 saturated heterocycles. The summed E-state index contributed by atoms with van der Waals surface area (Å²) in [4.78, 5) is 14.2. The van der Waals surface area contributed by atoms with Crippen LogP contribution in [0.4, 0.5) is 11.6 Å². The molecule has 1 N–H and O–H groups in total.